The molecule has 0 radical (unpaired) electrons. The van der Waals surface area contributed by atoms with Crippen LogP contribution in [0.15, 0.2) is 46.2 Å². The van der Waals surface area contributed by atoms with E-state index in [2.05, 4.69) is 5.32 Å². The summed E-state index contributed by atoms with van der Waals surface area (Å²) in [6.45, 7) is 1.18. The second-order valence-electron chi connectivity index (χ2n) is 7.01. The fourth-order valence-electron chi connectivity index (χ4n) is 3.53. The molecule has 0 aromatic heterocycles. The first-order chi connectivity index (χ1) is 14.4. The van der Waals surface area contributed by atoms with Gasteiger partial charge >= 0.3 is 0 Å². The number of fused-ring (bicyclic) bond motifs is 1. The Morgan fingerprint density at radius 3 is 2.67 bits per heavy atom. The first-order valence-corrected chi connectivity index (χ1v) is 12.6. The lowest BCUT2D eigenvalue weighted by molar-refractivity contribution is 0.0730. The number of carbonyl (C=O) groups is 1. The van der Waals surface area contributed by atoms with Crippen LogP contribution in [0.3, 0.4) is 0 Å². The molecule has 10 heteroatoms. The number of halogens is 2. The lowest BCUT2D eigenvalue weighted by Gasteiger charge is -2.27. The molecule has 160 valence electrons. The highest BCUT2D eigenvalue weighted by Crippen LogP contribution is 2.37. The molecule has 0 aliphatic carbocycles. The molecule has 1 fully saturated rings. The molecular weight excluding hydrogens is 467 g/mol. The molecule has 2 aliphatic rings. The largest absolute Gasteiger partial charge is 0.379 e. The van der Waals surface area contributed by atoms with E-state index in [4.69, 9.17) is 27.9 Å². The van der Waals surface area contributed by atoms with Crippen molar-refractivity contribution in [1.29, 1.82) is 0 Å². The van der Waals surface area contributed by atoms with Gasteiger partial charge in [0.05, 0.1) is 24.3 Å². The highest BCUT2D eigenvalue weighted by molar-refractivity contribution is 7.99. The lowest BCUT2D eigenvalue weighted by Crippen LogP contribution is -2.40. The van der Waals surface area contributed by atoms with Crippen LogP contribution in [0.4, 0.5) is 0 Å². The summed E-state index contributed by atoms with van der Waals surface area (Å²) < 4.78 is 32.6. The fourth-order valence-corrected chi connectivity index (χ4v) is 6.72. The van der Waals surface area contributed by atoms with Crippen molar-refractivity contribution in [3.63, 3.8) is 0 Å². The first-order valence-electron chi connectivity index (χ1n) is 9.47. The Labute approximate surface area is 189 Å². The second-order valence-corrected chi connectivity index (χ2v) is 10.9. The van der Waals surface area contributed by atoms with Crippen LogP contribution in [0.25, 0.3) is 0 Å². The molecule has 2 heterocycles. The number of nitrogens with one attached hydrogen (secondary N) is 1. The minimum Gasteiger partial charge on any atom is -0.379 e. The van der Waals surface area contributed by atoms with E-state index in [9.17, 15) is 13.2 Å². The van der Waals surface area contributed by atoms with Gasteiger partial charge < -0.3 is 10.1 Å². The van der Waals surface area contributed by atoms with Gasteiger partial charge in [0.1, 0.15) is 4.90 Å². The van der Waals surface area contributed by atoms with Crippen molar-refractivity contribution >= 4 is 50.9 Å². The number of morpholine rings is 1. The van der Waals surface area contributed by atoms with E-state index in [1.165, 1.54) is 22.5 Å². The molecular formula is C20H20Cl2N2O4S2. The summed E-state index contributed by atoms with van der Waals surface area (Å²) in [5.74, 6) is 0.518. The number of hydrogen-bond donors (Lipinski definition) is 1. The molecule has 2 aromatic rings. The molecule has 1 saturated heterocycles. The highest BCUT2D eigenvalue weighted by atomic mass is 35.5. The smallest absolute Gasteiger partial charge is 0.251 e. The summed E-state index contributed by atoms with van der Waals surface area (Å²) in [5, 5.41) is 3.71. The van der Waals surface area contributed by atoms with Crippen LogP contribution in [0, 0.1) is 0 Å². The molecule has 0 saturated carbocycles. The molecule has 4 rings (SSSR count). The number of carbonyl (C=O) groups excluding carboxylic acids is 1. The normalized spacial score (nSPS) is 19.9. The Morgan fingerprint density at radius 2 is 1.90 bits per heavy atom. The van der Waals surface area contributed by atoms with Gasteiger partial charge in [-0.3, -0.25) is 4.79 Å². The predicted molar refractivity (Wildman–Crippen MR) is 118 cm³/mol. The van der Waals surface area contributed by atoms with E-state index in [-0.39, 0.29) is 40.5 Å². The van der Waals surface area contributed by atoms with Crippen LogP contribution < -0.4 is 5.32 Å². The van der Waals surface area contributed by atoms with Gasteiger partial charge in [0.2, 0.25) is 10.0 Å². The van der Waals surface area contributed by atoms with Crippen LogP contribution in [-0.2, 0) is 14.8 Å². The van der Waals surface area contributed by atoms with Crippen LogP contribution in [0.2, 0.25) is 10.0 Å². The molecule has 6 nitrogen and oxygen atoms in total. The third-order valence-electron chi connectivity index (χ3n) is 5.10. The molecule has 1 atom stereocenters. The first kappa shape index (κ1) is 21.9. The average Bonchev–Trinajstić information content (AvgIpc) is 2.75. The van der Waals surface area contributed by atoms with Crippen molar-refractivity contribution < 1.29 is 17.9 Å². The van der Waals surface area contributed by atoms with E-state index >= 15 is 0 Å². The maximum atomic E-state index is 13.0. The summed E-state index contributed by atoms with van der Waals surface area (Å²) in [4.78, 5) is 14.0. The molecule has 1 unspecified atom stereocenters. The lowest BCUT2D eigenvalue weighted by atomic mass is 10.0. The maximum absolute atomic E-state index is 13.0. The number of ether oxygens (including phenoxy) is 1. The van der Waals surface area contributed by atoms with E-state index in [1.54, 1.807) is 11.8 Å². The second kappa shape index (κ2) is 9.06. The highest BCUT2D eigenvalue weighted by Gasteiger charge is 2.30. The third-order valence-corrected chi connectivity index (χ3v) is 8.84. The summed E-state index contributed by atoms with van der Waals surface area (Å²) in [6, 6.07) is 9.79. The maximum Gasteiger partial charge on any atom is 0.251 e. The van der Waals surface area contributed by atoms with Crippen molar-refractivity contribution in [2.45, 2.75) is 22.3 Å². The molecule has 0 bridgehead atoms. The zero-order valence-electron chi connectivity index (χ0n) is 15.9. The van der Waals surface area contributed by atoms with E-state index in [1.807, 2.05) is 18.2 Å². The quantitative estimate of drug-likeness (QED) is 0.706. The van der Waals surface area contributed by atoms with Gasteiger partial charge in [-0.1, -0.05) is 23.2 Å². The van der Waals surface area contributed by atoms with E-state index in [0.717, 1.165) is 22.6 Å². The number of amides is 1. The van der Waals surface area contributed by atoms with Gasteiger partial charge in [-0.2, -0.15) is 4.31 Å². The Balaban J connectivity index is 1.59. The predicted octanol–water partition coefficient (Wildman–Crippen LogP) is 3.98. The topological polar surface area (TPSA) is 75.7 Å². The monoisotopic (exact) mass is 486 g/mol. The van der Waals surface area contributed by atoms with Crippen molar-refractivity contribution in [3.05, 3.63) is 57.6 Å². The zero-order chi connectivity index (χ0) is 21.3. The molecule has 30 heavy (non-hydrogen) atoms. The van der Waals surface area contributed by atoms with Crippen LogP contribution in [0.1, 0.15) is 28.4 Å². The number of benzene rings is 2. The Morgan fingerprint density at radius 1 is 1.13 bits per heavy atom. The standard InChI is InChI=1S/C20H20Cl2N2O4S2/c21-14-2-4-18-15(12-14)17(5-10-29-18)23-20(25)13-1-3-16(22)19(11-13)30(26,27)24-6-8-28-9-7-24/h1-4,11-12,17H,5-10H2,(H,23,25). The van der Waals surface area contributed by atoms with Crippen molar-refractivity contribution in [2.75, 3.05) is 32.1 Å². The number of hydrogen-bond acceptors (Lipinski definition) is 5. The summed E-state index contributed by atoms with van der Waals surface area (Å²) >= 11 is 14.1. The summed E-state index contributed by atoms with van der Waals surface area (Å²) in [6.07, 6.45) is 0.760. The Hall–Kier alpha value is -1.29. The molecule has 2 aliphatic heterocycles. The number of sulfonamides is 1. The number of thioether (sulfide) groups is 1. The van der Waals surface area contributed by atoms with Crippen molar-refractivity contribution in [2.24, 2.45) is 0 Å². The van der Waals surface area contributed by atoms with Crippen LogP contribution in [-0.4, -0.2) is 50.7 Å². The van der Waals surface area contributed by atoms with Gasteiger partial charge in [-0.05, 0) is 48.4 Å². The van der Waals surface area contributed by atoms with Gasteiger partial charge in [0, 0.05) is 34.3 Å². The summed E-state index contributed by atoms with van der Waals surface area (Å²) in [7, 11) is -3.82. The minimum absolute atomic E-state index is 0.0682. The van der Waals surface area contributed by atoms with Crippen LogP contribution in [0.5, 0.6) is 0 Å². The average molecular weight is 487 g/mol. The Bertz CT molecular complexity index is 1070. The molecule has 2 aromatic carbocycles. The molecule has 1 amide bonds. The minimum atomic E-state index is -3.82. The zero-order valence-corrected chi connectivity index (χ0v) is 19.1. The number of nitrogens with zero attached hydrogens (tertiary/aromatic N) is 1. The fraction of sp³-hybridized carbons (Fsp3) is 0.350. The van der Waals surface area contributed by atoms with E-state index < -0.39 is 10.0 Å². The molecule has 1 N–H and O–H groups in total. The summed E-state index contributed by atoms with van der Waals surface area (Å²) in [5.41, 5.74) is 1.22. The Kier molecular flexibility index (Phi) is 6.62. The van der Waals surface area contributed by atoms with Crippen molar-refractivity contribution in [3.8, 4) is 0 Å². The SMILES string of the molecule is O=C(NC1CCSc2ccc(Cl)cc21)c1ccc(Cl)c(S(=O)(=O)N2CCOCC2)c1. The van der Waals surface area contributed by atoms with Gasteiger partial charge in [-0.15, -0.1) is 11.8 Å². The molecule has 0 spiro atoms. The van der Waals surface area contributed by atoms with Crippen molar-refractivity contribution in [1.82, 2.24) is 9.62 Å². The van der Waals surface area contributed by atoms with Crippen LogP contribution >= 0.6 is 35.0 Å². The van der Waals surface area contributed by atoms with Gasteiger partial charge in [-0.25, -0.2) is 8.42 Å². The third kappa shape index (κ3) is 4.49. The van der Waals surface area contributed by atoms with Gasteiger partial charge in [0.25, 0.3) is 5.91 Å². The van der Waals surface area contributed by atoms with Gasteiger partial charge in [0.15, 0.2) is 0 Å². The number of rotatable bonds is 4. The van der Waals surface area contributed by atoms with E-state index in [0.29, 0.717) is 18.2 Å².